The molecular weight excluding hydrogens is 268 g/mol. The highest BCUT2D eigenvalue weighted by Gasteiger charge is 2.30. The van der Waals surface area contributed by atoms with Gasteiger partial charge in [0.05, 0.1) is 6.10 Å². The van der Waals surface area contributed by atoms with Gasteiger partial charge in [-0.1, -0.05) is 58.8 Å². The minimum Gasteiger partial charge on any atom is -0.378 e. The SMILES string of the molecule is CCCCCCOC1CCC(C2CCC(CCC)CC2)CC1. The third-order valence-electron chi connectivity index (χ3n) is 6.33. The first-order valence-corrected chi connectivity index (χ1v) is 10.4. The molecule has 2 rings (SSSR count). The van der Waals surface area contributed by atoms with Crippen molar-refractivity contribution in [3.05, 3.63) is 0 Å². The molecule has 0 amide bonds. The molecule has 0 bridgehead atoms. The molecule has 2 fully saturated rings. The summed E-state index contributed by atoms with van der Waals surface area (Å²) in [6.45, 7) is 5.63. The fraction of sp³-hybridized carbons (Fsp3) is 1.00. The van der Waals surface area contributed by atoms with Crippen molar-refractivity contribution in [1.82, 2.24) is 0 Å². The van der Waals surface area contributed by atoms with Gasteiger partial charge in [-0.05, 0) is 62.7 Å². The molecule has 0 spiro atoms. The van der Waals surface area contributed by atoms with Gasteiger partial charge in [0.2, 0.25) is 0 Å². The second-order valence-electron chi connectivity index (χ2n) is 8.04. The van der Waals surface area contributed by atoms with Gasteiger partial charge in [-0.15, -0.1) is 0 Å². The number of hydrogen-bond donors (Lipinski definition) is 0. The molecule has 0 aromatic rings. The van der Waals surface area contributed by atoms with Crippen LogP contribution in [0.2, 0.25) is 0 Å². The summed E-state index contributed by atoms with van der Waals surface area (Å²) in [5.74, 6) is 3.14. The van der Waals surface area contributed by atoms with Crippen molar-refractivity contribution in [3.63, 3.8) is 0 Å². The fourth-order valence-electron chi connectivity index (χ4n) is 4.86. The first-order valence-electron chi connectivity index (χ1n) is 10.4. The van der Waals surface area contributed by atoms with Crippen LogP contribution in [0.4, 0.5) is 0 Å². The molecule has 0 aromatic carbocycles. The first-order chi connectivity index (χ1) is 10.8. The minimum atomic E-state index is 0.592. The Morgan fingerprint density at radius 1 is 0.682 bits per heavy atom. The van der Waals surface area contributed by atoms with E-state index in [1.54, 1.807) is 0 Å². The fourth-order valence-corrected chi connectivity index (χ4v) is 4.86. The van der Waals surface area contributed by atoms with Gasteiger partial charge in [0.1, 0.15) is 0 Å². The molecule has 2 aliphatic carbocycles. The average Bonchev–Trinajstić information content (AvgIpc) is 2.56. The molecule has 0 atom stereocenters. The Labute approximate surface area is 139 Å². The predicted octanol–water partition coefficient (Wildman–Crippen LogP) is 6.75. The van der Waals surface area contributed by atoms with E-state index in [4.69, 9.17) is 4.74 Å². The van der Waals surface area contributed by atoms with Crippen LogP contribution in [0, 0.1) is 17.8 Å². The van der Waals surface area contributed by atoms with Crippen LogP contribution in [0.3, 0.4) is 0 Å². The summed E-state index contributed by atoms with van der Waals surface area (Å²) < 4.78 is 6.11. The predicted molar refractivity (Wildman–Crippen MR) is 96.2 cm³/mol. The van der Waals surface area contributed by atoms with Crippen LogP contribution in [0.25, 0.3) is 0 Å². The van der Waals surface area contributed by atoms with E-state index in [2.05, 4.69) is 13.8 Å². The topological polar surface area (TPSA) is 9.23 Å². The highest BCUT2D eigenvalue weighted by atomic mass is 16.5. The van der Waals surface area contributed by atoms with Crippen molar-refractivity contribution in [2.75, 3.05) is 6.61 Å². The molecule has 0 unspecified atom stereocenters. The Hall–Kier alpha value is -0.0400. The van der Waals surface area contributed by atoms with E-state index in [-0.39, 0.29) is 0 Å². The maximum absolute atomic E-state index is 6.11. The van der Waals surface area contributed by atoms with Crippen molar-refractivity contribution in [2.45, 2.75) is 110 Å². The largest absolute Gasteiger partial charge is 0.378 e. The zero-order valence-electron chi connectivity index (χ0n) is 15.3. The van der Waals surface area contributed by atoms with Crippen molar-refractivity contribution in [2.24, 2.45) is 17.8 Å². The lowest BCUT2D eigenvalue weighted by atomic mass is 9.70. The third-order valence-corrected chi connectivity index (χ3v) is 6.33. The van der Waals surface area contributed by atoms with Crippen LogP contribution in [0.15, 0.2) is 0 Å². The van der Waals surface area contributed by atoms with E-state index in [0.717, 1.165) is 24.4 Å². The second kappa shape index (κ2) is 10.7. The van der Waals surface area contributed by atoms with Crippen LogP contribution in [0.5, 0.6) is 0 Å². The second-order valence-corrected chi connectivity index (χ2v) is 8.04. The van der Waals surface area contributed by atoms with Gasteiger partial charge in [0.15, 0.2) is 0 Å². The monoisotopic (exact) mass is 308 g/mol. The molecule has 1 heteroatoms. The maximum Gasteiger partial charge on any atom is 0.0575 e. The molecule has 0 saturated heterocycles. The summed E-state index contributed by atoms with van der Waals surface area (Å²) in [7, 11) is 0. The molecule has 2 aliphatic rings. The van der Waals surface area contributed by atoms with Gasteiger partial charge < -0.3 is 4.74 Å². The van der Waals surface area contributed by atoms with E-state index in [9.17, 15) is 0 Å². The lowest BCUT2D eigenvalue weighted by Gasteiger charge is -2.37. The van der Waals surface area contributed by atoms with Gasteiger partial charge in [0, 0.05) is 6.61 Å². The molecule has 2 saturated carbocycles. The van der Waals surface area contributed by atoms with Crippen LogP contribution in [-0.4, -0.2) is 12.7 Å². The summed E-state index contributed by atoms with van der Waals surface area (Å²) in [4.78, 5) is 0. The Bertz CT molecular complexity index is 259. The van der Waals surface area contributed by atoms with Crippen LogP contribution in [-0.2, 0) is 4.74 Å². The summed E-state index contributed by atoms with van der Waals surface area (Å²) in [5, 5.41) is 0. The van der Waals surface area contributed by atoms with Gasteiger partial charge in [0.25, 0.3) is 0 Å². The Balaban J connectivity index is 1.55. The molecule has 0 radical (unpaired) electrons. The van der Waals surface area contributed by atoms with Crippen molar-refractivity contribution in [3.8, 4) is 0 Å². The molecule has 0 aliphatic heterocycles. The van der Waals surface area contributed by atoms with Gasteiger partial charge >= 0.3 is 0 Å². The number of rotatable bonds is 9. The van der Waals surface area contributed by atoms with Crippen LogP contribution in [0.1, 0.15) is 104 Å². The first kappa shape index (κ1) is 18.3. The number of hydrogen-bond acceptors (Lipinski definition) is 1. The van der Waals surface area contributed by atoms with Gasteiger partial charge in [-0.3, -0.25) is 0 Å². The highest BCUT2D eigenvalue weighted by Crippen LogP contribution is 2.41. The highest BCUT2D eigenvalue weighted by molar-refractivity contribution is 4.82. The summed E-state index contributed by atoms with van der Waals surface area (Å²) in [5.41, 5.74) is 0. The van der Waals surface area contributed by atoms with E-state index < -0.39 is 0 Å². The summed E-state index contributed by atoms with van der Waals surface area (Å²) in [6, 6.07) is 0. The van der Waals surface area contributed by atoms with Gasteiger partial charge in [-0.2, -0.15) is 0 Å². The molecule has 1 nitrogen and oxygen atoms in total. The quantitative estimate of drug-likeness (QED) is 0.428. The lowest BCUT2D eigenvalue weighted by Crippen LogP contribution is -2.28. The van der Waals surface area contributed by atoms with Gasteiger partial charge in [-0.25, -0.2) is 0 Å². The molecular formula is C21H40O. The zero-order valence-corrected chi connectivity index (χ0v) is 15.3. The Morgan fingerprint density at radius 3 is 1.91 bits per heavy atom. The van der Waals surface area contributed by atoms with Crippen molar-refractivity contribution < 1.29 is 4.74 Å². The van der Waals surface area contributed by atoms with E-state index >= 15 is 0 Å². The Morgan fingerprint density at radius 2 is 1.32 bits per heavy atom. The standard InChI is InChI=1S/C21H40O/c1-3-5-6-7-17-22-21-15-13-20(14-16-21)19-11-9-18(8-4-2)10-12-19/h18-21H,3-17H2,1-2H3. The molecule has 0 heterocycles. The summed E-state index contributed by atoms with van der Waals surface area (Å²) >= 11 is 0. The molecule has 22 heavy (non-hydrogen) atoms. The summed E-state index contributed by atoms with van der Waals surface area (Å²) in [6.07, 6.45) is 20.4. The maximum atomic E-state index is 6.11. The van der Waals surface area contributed by atoms with Crippen molar-refractivity contribution in [1.29, 1.82) is 0 Å². The van der Waals surface area contributed by atoms with E-state index in [1.165, 1.54) is 89.9 Å². The molecule has 0 N–H and O–H groups in total. The smallest absolute Gasteiger partial charge is 0.0575 e. The van der Waals surface area contributed by atoms with Crippen LogP contribution < -0.4 is 0 Å². The lowest BCUT2D eigenvalue weighted by molar-refractivity contribution is 0.00532. The van der Waals surface area contributed by atoms with E-state index in [0.29, 0.717) is 6.10 Å². The van der Waals surface area contributed by atoms with Crippen molar-refractivity contribution >= 4 is 0 Å². The average molecular weight is 309 g/mol. The molecule has 130 valence electrons. The minimum absolute atomic E-state index is 0.592. The normalized spacial score (nSPS) is 33.0. The number of unbranched alkanes of at least 4 members (excludes halogenated alkanes) is 3. The van der Waals surface area contributed by atoms with Crippen LogP contribution >= 0.6 is 0 Å². The zero-order chi connectivity index (χ0) is 15.6. The Kier molecular flexibility index (Phi) is 8.89. The van der Waals surface area contributed by atoms with E-state index in [1.807, 2.05) is 0 Å². The number of ether oxygens (including phenoxy) is 1. The molecule has 0 aromatic heterocycles. The third kappa shape index (κ3) is 6.22.